The van der Waals surface area contributed by atoms with Crippen LogP contribution in [0, 0.1) is 0 Å². The van der Waals surface area contributed by atoms with E-state index in [2.05, 4.69) is 31.0 Å². The van der Waals surface area contributed by atoms with Gasteiger partial charge in [-0.2, -0.15) is 0 Å². The van der Waals surface area contributed by atoms with Gasteiger partial charge in [0, 0.05) is 6.04 Å². The summed E-state index contributed by atoms with van der Waals surface area (Å²) in [6, 6.07) is 0.190. The second kappa shape index (κ2) is 11.3. The molecular formula is C14H30N2O2. The summed E-state index contributed by atoms with van der Waals surface area (Å²) in [5, 5.41) is 2.87. The van der Waals surface area contributed by atoms with Crippen molar-refractivity contribution in [2.45, 2.75) is 59.4 Å². The standard InChI is InChI=1S/C14H30N2O2/c1-5-8-12-18-14(17)15-13(4)10-9-11-16(6-2)7-3/h13H,5-12H2,1-4H3,(H,15,17)/t13-/m0/s1. The van der Waals surface area contributed by atoms with Crippen LogP contribution in [-0.4, -0.2) is 43.3 Å². The normalized spacial score (nSPS) is 12.5. The van der Waals surface area contributed by atoms with E-state index in [1.54, 1.807) is 0 Å². The molecular weight excluding hydrogens is 228 g/mol. The van der Waals surface area contributed by atoms with E-state index in [9.17, 15) is 4.79 Å². The van der Waals surface area contributed by atoms with Crippen LogP contribution in [0.25, 0.3) is 0 Å². The highest BCUT2D eigenvalue weighted by Crippen LogP contribution is 2.00. The highest BCUT2D eigenvalue weighted by Gasteiger charge is 2.08. The molecule has 0 rings (SSSR count). The number of alkyl carbamates (subject to hydrolysis) is 1. The number of unbranched alkanes of at least 4 members (excludes halogenated alkanes) is 1. The van der Waals surface area contributed by atoms with Gasteiger partial charge in [0.25, 0.3) is 0 Å². The number of ether oxygens (including phenoxy) is 1. The first-order valence-electron chi connectivity index (χ1n) is 7.29. The van der Waals surface area contributed by atoms with Gasteiger partial charge in [-0.05, 0) is 45.8 Å². The lowest BCUT2D eigenvalue weighted by molar-refractivity contribution is 0.140. The van der Waals surface area contributed by atoms with Gasteiger partial charge in [0.15, 0.2) is 0 Å². The van der Waals surface area contributed by atoms with Gasteiger partial charge < -0.3 is 15.0 Å². The van der Waals surface area contributed by atoms with Gasteiger partial charge in [0.05, 0.1) is 6.61 Å². The summed E-state index contributed by atoms with van der Waals surface area (Å²) in [6.07, 6.45) is 3.81. The molecule has 0 aromatic heterocycles. The Morgan fingerprint density at radius 2 is 1.89 bits per heavy atom. The van der Waals surface area contributed by atoms with E-state index in [1.807, 2.05) is 6.92 Å². The van der Waals surface area contributed by atoms with Crippen LogP contribution in [0.15, 0.2) is 0 Å². The predicted molar refractivity (Wildman–Crippen MR) is 75.9 cm³/mol. The third-order valence-electron chi connectivity index (χ3n) is 3.10. The number of hydrogen-bond acceptors (Lipinski definition) is 3. The van der Waals surface area contributed by atoms with Crippen molar-refractivity contribution in [1.82, 2.24) is 10.2 Å². The molecule has 18 heavy (non-hydrogen) atoms. The lowest BCUT2D eigenvalue weighted by atomic mass is 10.2. The molecule has 1 N–H and O–H groups in total. The van der Waals surface area contributed by atoms with Crippen molar-refractivity contribution >= 4 is 6.09 Å². The fourth-order valence-corrected chi connectivity index (χ4v) is 1.79. The Balaban J connectivity index is 3.57. The first-order chi connectivity index (χ1) is 8.63. The molecule has 1 amide bonds. The van der Waals surface area contributed by atoms with Gasteiger partial charge in [0.2, 0.25) is 0 Å². The van der Waals surface area contributed by atoms with Gasteiger partial charge in [-0.15, -0.1) is 0 Å². The van der Waals surface area contributed by atoms with Gasteiger partial charge in [0.1, 0.15) is 0 Å². The SMILES string of the molecule is CCCCOC(=O)N[C@@H](C)CCCN(CC)CC. The van der Waals surface area contributed by atoms with Crippen molar-refractivity contribution < 1.29 is 9.53 Å². The Kier molecular flexibility index (Phi) is 10.8. The molecule has 0 aromatic carbocycles. The number of hydrogen-bond donors (Lipinski definition) is 1. The molecule has 0 aliphatic heterocycles. The summed E-state index contributed by atoms with van der Waals surface area (Å²) in [6.45, 7) is 12.3. The molecule has 108 valence electrons. The summed E-state index contributed by atoms with van der Waals surface area (Å²) in [5.74, 6) is 0. The zero-order chi connectivity index (χ0) is 13.8. The van der Waals surface area contributed by atoms with Gasteiger partial charge in [-0.25, -0.2) is 4.79 Å². The molecule has 0 aromatic rings. The Morgan fingerprint density at radius 3 is 2.44 bits per heavy atom. The average Bonchev–Trinajstić information content (AvgIpc) is 2.35. The summed E-state index contributed by atoms with van der Waals surface area (Å²) < 4.78 is 5.06. The van der Waals surface area contributed by atoms with Crippen LogP contribution in [-0.2, 0) is 4.74 Å². The monoisotopic (exact) mass is 258 g/mol. The van der Waals surface area contributed by atoms with Crippen LogP contribution in [0.3, 0.4) is 0 Å². The minimum atomic E-state index is -0.279. The van der Waals surface area contributed by atoms with Crippen LogP contribution in [0.4, 0.5) is 4.79 Å². The molecule has 0 heterocycles. The summed E-state index contributed by atoms with van der Waals surface area (Å²) >= 11 is 0. The van der Waals surface area contributed by atoms with Crippen molar-refractivity contribution in [3.63, 3.8) is 0 Å². The predicted octanol–water partition coefficient (Wildman–Crippen LogP) is 3.02. The minimum absolute atomic E-state index is 0.190. The molecule has 4 nitrogen and oxygen atoms in total. The molecule has 0 saturated heterocycles. The van der Waals surface area contributed by atoms with Crippen LogP contribution in [0.1, 0.15) is 53.4 Å². The van der Waals surface area contributed by atoms with E-state index in [0.717, 1.165) is 45.3 Å². The first-order valence-corrected chi connectivity index (χ1v) is 7.29. The van der Waals surface area contributed by atoms with Crippen LogP contribution < -0.4 is 5.32 Å². The Labute approximate surface area is 112 Å². The van der Waals surface area contributed by atoms with Gasteiger partial charge in [-0.3, -0.25) is 0 Å². The van der Waals surface area contributed by atoms with Crippen molar-refractivity contribution in [2.75, 3.05) is 26.2 Å². The fraction of sp³-hybridized carbons (Fsp3) is 0.929. The van der Waals surface area contributed by atoms with E-state index >= 15 is 0 Å². The van der Waals surface area contributed by atoms with Crippen molar-refractivity contribution in [1.29, 1.82) is 0 Å². The zero-order valence-electron chi connectivity index (χ0n) is 12.5. The lowest BCUT2D eigenvalue weighted by Gasteiger charge is -2.19. The zero-order valence-corrected chi connectivity index (χ0v) is 12.5. The highest BCUT2D eigenvalue weighted by molar-refractivity contribution is 5.67. The molecule has 0 unspecified atom stereocenters. The molecule has 4 heteroatoms. The largest absolute Gasteiger partial charge is 0.450 e. The second-order valence-electron chi connectivity index (χ2n) is 4.70. The van der Waals surface area contributed by atoms with Crippen LogP contribution in [0.2, 0.25) is 0 Å². The summed E-state index contributed by atoms with van der Waals surface area (Å²) in [5.41, 5.74) is 0. The lowest BCUT2D eigenvalue weighted by Crippen LogP contribution is -2.34. The van der Waals surface area contributed by atoms with Crippen LogP contribution >= 0.6 is 0 Å². The summed E-state index contributed by atoms with van der Waals surface area (Å²) in [4.78, 5) is 13.8. The third-order valence-corrected chi connectivity index (χ3v) is 3.10. The van der Waals surface area contributed by atoms with E-state index in [-0.39, 0.29) is 12.1 Å². The molecule has 0 radical (unpaired) electrons. The van der Waals surface area contributed by atoms with Gasteiger partial charge in [-0.1, -0.05) is 27.2 Å². The Bertz CT molecular complexity index is 206. The number of rotatable bonds is 10. The van der Waals surface area contributed by atoms with E-state index in [4.69, 9.17) is 4.74 Å². The average molecular weight is 258 g/mol. The maximum absolute atomic E-state index is 11.4. The smallest absolute Gasteiger partial charge is 0.407 e. The molecule has 0 saturated carbocycles. The number of amides is 1. The summed E-state index contributed by atoms with van der Waals surface area (Å²) in [7, 11) is 0. The number of carbonyl (C=O) groups is 1. The first kappa shape index (κ1) is 17.2. The quantitative estimate of drug-likeness (QED) is 0.612. The Morgan fingerprint density at radius 1 is 1.22 bits per heavy atom. The van der Waals surface area contributed by atoms with E-state index in [0.29, 0.717) is 6.61 Å². The molecule has 0 spiro atoms. The minimum Gasteiger partial charge on any atom is -0.450 e. The van der Waals surface area contributed by atoms with Crippen molar-refractivity contribution in [2.24, 2.45) is 0 Å². The molecule has 0 bridgehead atoms. The van der Waals surface area contributed by atoms with Crippen molar-refractivity contribution in [3.8, 4) is 0 Å². The van der Waals surface area contributed by atoms with Crippen molar-refractivity contribution in [3.05, 3.63) is 0 Å². The maximum atomic E-state index is 11.4. The molecule has 0 aliphatic rings. The third kappa shape index (κ3) is 9.28. The number of carbonyl (C=O) groups excluding carboxylic acids is 1. The molecule has 0 fully saturated rings. The van der Waals surface area contributed by atoms with Gasteiger partial charge >= 0.3 is 6.09 Å². The van der Waals surface area contributed by atoms with E-state index in [1.165, 1.54) is 0 Å². The Hall–Kier alpha value is -0.770. The fourth-order valence-electron chi connectivity index (χ4n) is 1.79. The number of nitrogens with one attached hydrogen (secondary N) is 1. The maximum Gasteiger partial charge on any atom is 0.407 e. The molecule has 1 atom stereocenters. The number of nitrogens with zero attached hydrogens (tertiary/aromatic N) is 1. The van der Waals surface area contributed by atoms with E-state index < -0.39 is 0 Å². The molecule has 0 aliphatic carbocycles. The highest BCUT2D eigenvalue weighted by atomic mass is 16.5. The second-order valence-corrected chi connectivity index (χ2v) is 4.70. The van der Waals surface area contributed by atoms with Crippen LogP contribution in [0.5, 0.6) is 0 Å². The topological polar surface area (TPSA) is 41.6 Å².